The van der Waals surface area contributed by atoms with Gasteiger partial charge in [0.25, 0.3) is 5.89 Å². The molecule has 0 aliphatic carbocycles. The van der Waals surface area contributed by atoms with Gasteiger partial charge in [-0.25, -0.2) is 9.18 Å². The summed E-state index contributed by atoms with van der Waals surface area (Å²) in [5.41, 5.74) is -3.99. The average Bonchev–Trinajstić information content (AvgIpc) is 3.58. The number of benzene rings is 1. The molecular formula is C26H32F4N6O2S2. The number of anilines is 1. The van der Waals surface area contributed by atoms with E-state index in [0.717, 1.165) is 11.3 Å². The Labute approximate surface area is 237 Å². The Bertz CT molecular complexity index is 1380. The number of hydrogen-bond donors (Lipinski definition) is 2. The molecule has 0 bridgehead atoms. The highest BCUT2D eigenvalue weighted by Crippen LogP contribution is 2.51. The maximum atomic E-state index is 15.8. The first-order valence-corrected chi connectivity index (χ1v) is 14.9. The van der Waals surface area contributed by atoms with Gasteiger partial charge in [-0.15, -0.1) is 11.3 Å². The van der Waals surface area contributed by atoms with Gasteiger partial charge in [0.05, 0.1) is 27.9 Å². The molecule has 218 valence electrons. The van der Waals surface area contributed by atoms with Crippen LogP contribution in [0.4, 0.5) is 28.0 Å². The number of urea groups is 1. The molecule has 8 nitrogen and oxygen atoms in total. The molecule has 2 aliphatic heterocycles. The van der Waals surface area contributed by atoms with Crippen LogP contribution in [0.5, 0.6) is 0 Å². The highest BCUT2D eigenvalue weighted by Gasteiger charge is 2.42. The zero-order chi connectivity index (χ0) is 28.9. The number of amides is 2. The van der Waals surface area contributed by atoms with Crippen LogP contribution in [0.1, 0.15) is 52.5 Å². The molecule has 5 rings (SSSR count). The van der Waals surface area contributed by atoms with Crippen LogP contribution in [-0.4, -0.2) is 75.4 Å². The van der Waals surface area contributed by atoms with Gasteiger partial charge in [-0.2, -0.15) is 18.2 Å². The zero-order valence-electron chi connectivity index (χ0n) is 22.8. The number of likely N-dealkylation sites (tertiary alicyclic amines) is 1. The second kappa shape index (κ2) is 11.0. The predicted octanol–water partition coefficient (Wildman–Crippen LogP) is 6.66. The molecule has 40 heavy (non-hydrogen) atoms. The van der Waals surface area contributed by atoms with Crippen molar-refractivity contribution in [1.82, 2.24) is 25.3 Å². The van der Waals surface area contributed by atoms with Crippen molar-refractivity contribution in [2.45, 2.75) is 87.3 Å². The van der Waals surface area contributed by atoms with Crippen LogP contribution in [-0.2, 0) is 0 Å². The Morgan fingerprint density at radius 3 is 2.70 bits per heavy atom. The molecule has 2 fully saturated rings. The van der Waals surface area contributed by atoms with E-state index in [-0.39, 0.29) is 57.4 Å². The Morgan fingerprint density at radius 2 is 2.08 bits per heavy atom. The number of alkyl halides is 4. The predicted molar refractivity (Wildman–Crippen MR) is 148 cm³/mol. The summed E-state index contributed by atoms with van der Waals surface area (Å²) in [7, 11) is 1.61. The number of piperidine rings is 1. The van der Waals surface area contributed by atoms with E-state index < -0.39 is 23.8 Å². The summed E-state index contributed by atoms with van der Waals surface area (Å²) in [5.74, 6) is 0.120. The Morgan fingerprint density at radius 1 is 1.32 bits per heavy atom. The van der Waals surface area contributed by atoms with Gasteiger partial charge in [0, 0.05) is 35.5 Å². The van der Waals surface area contributed by atoms with Crippen molar-refractivity contribution in [3.8, 4) is 10.7 Å². The van der Waals surface area contributed by atoms with Crippen molar-refractivity contribution in [2.24, 2.45) is 0 Å². The molecule has 1 aromatic carbocycles. The van der Waals surface area contributed by atoms with Crippen LogP contribution < -0.4 is 10.6 Å². The lowest BCUT2D eigenvalue weighted by atomic mass is 9.87. The molecule has 0 unspecified atom stereocenters. The van der Waals surface area contributed by atoms with Crippen LogP contribution in [0.25, 0.3) is 20.8 Å². The first kappa shape index (κ1) is 28.9. The molecule has 5 atom stereocenters. The number of nitrogens with zero attached hydrogens (tertiary/aromatic N) is 4. The number of nitrogens with one attached hydrogen (secondary N) is 2. The molecule has 2 amide bonds. The third-order valence-electron chi connectivity index (χ3n) is 7.53. The highest BCUT2D eigenvalue weighted by atomic mass is 32.2. The van der Waals surface area contributed by atoms with Gasteiger partial charge in [0.15, 0.2) is 0 Å². The van der Waals surface area contributed by atoms with Crippen molar-refractivity contribution in [1.29, 1.82) is 0 Å². The molecule has 0 radical (unpaired) electrons. The minimum atomic E-state index is -4.56. The molecule has 0 saturated carbocycles. The van der Waals surface area contributed by atoms with Crippen LogP contribution in [0.15, 0.2) is 27.6 Å². The largest absolute Gasteiger partial charge is 0.446 e. The van der Waals surface area contributed by atoms with E-state index in [4.69, 9.17) is 4.52 Å². The maximum absolute atomic E-state index is 15.8. The van der Waals surface area contributed by atoms with Crippen LogP contribution in [0.3, 0.4) is 0 Å². The van der Waals surface area contributed by atoms with Gasteiger partial charge >= 0.3 is 11.5 Å². The summed E-state index contributed by atoms with van der Waals surface area (Å²) >= 11 is 0.871. The minimum Gasteiger partial charge on any atom is -0.378 e. The van der Waals surface area contributed by atoms with Crippen molar-refractivity contribution < 1.29 is 26.9 Å². The monoisotopic (exact) mass is 600 g/mol. The fraction of sp³-hybridized carbons (Fsp3) is 0.577. The van der Waals surface area contributed by atoms with E-state index in [2.05, 4.69) is 46.4 Å². The molecule has 14 heteroatoms. The Hall–Kier alpha value is -2.58. The lowest BCUT2D eigenvalue weighted by Gasteiger charge is -2.48. The molecule has 4 heterocycles. The van der Waals surface area contributed by atoms with Gasteiger partial charge < -0.3 is 20.1 Å². The Kier molecular flexibility index (Phi) is 7.96. The number of halogens is 4. The number of likely N-dealkylation sites (N-methyl/N-ethyl adjacent to an activating group) is 1. The Balaban J connectivity index is 1.51. The lowest BCUT2D eigenvalue weighted by molar-refractivity contribution is -0.0327. The average molecular weight is 601 g/mol. The van der Waals surface area contributed by atoms with E-state index in [1.54, 1.807) is 25.2 Å². The zero-order valence-corrected chi connectivity index (χ0v) is 24.4. The summed E-state index contributed by atoms with van der Waals surface area (Å²) < 4.78 is 62.9. The first-order valence-electron chi connectivity index (χ1n) is 13.2. The summed E-state index contributed by atoms with van der Waals surface area (Å²) in [4.78, 5) is 20.0. The fourth-order valence-electron chi connectivity index (χ4n) is 5.89. The summed E-state index contributed by atoms with van der Waals surface area (Å²) in [6.07, 6.45) is 0.0606. The van der Waals surface area contributed by atoms with E-state index in [1.807, 2.05) is 6.92 Å². The van der Waals surface area contributed by atoms with Gasteiger partial charge in [-0.3, -0.25) is 4.90 Å². The van der Waals surface area contributed by atoms with E-state index >= 15 is 4.39 Å². The number of aromatic nitrogens is 2. The molecule has 2 N–H and O–H groups in total. The SMILES string of the molecule is CC[C@H]1[C@H](F)[C@H](Nc2cccc3c(SC(F)(F)F)c(-c4noc([C@H]5CN(C)C(=O)N5)n4)sc23)C[C@@H](C)N1C(C)C. The minimum absolute atomic E-state index is 0.00554. The maximum Gasteiger partial charge on any atom is 0.446 e. The molecule has 2 aliphatic rings. The van der Waals surface area contributed by atoms with E-state index in [1.165, 1.54) is 4.90 Å². The van der Waals surface area contributed by atoms with Gasteiger partial charge in [0.2, 0.25) is 5.82 Å². The smallest absolute Gasteiger partial charge is 0.378 e. The summed E-state index contributed by atoms with van der Waals surface area (Å²) in [6, 6.07) is 3.77. The van der Waals surface area contributed by atoms with Crippen molar-refractivity contribution in [2.75, 3.05) is 18.9 Å². The van der Waals surface area contributed by atoms with Crippen molar-refractivity contribution >= 4 is 44.9 Å². The third kappa shape index (κ3) is 5.49. The number of carbonyl (C=O) groups excluding carboxylic acids is 1. The van der Waals surface area contributed by atoms with Crippen LogP contribution >= 0.6 is 23.1 Å². The topological polar surface area (TPSA) is 86.5 Å². The van der Waals surface area contributed by atoms with Crippen LogP contribution in [0.2, 0.25) is 0 Å². The summed E-state index contributed by atoms with van der Waals surface area (Å²) in [6.45, 7) is 8.49. The quantitative estimate of drug-likeness (QED) is 0.232. The van der Waals surface area contributed by atoms with Gasteiger partial charge in [0.1, 0.15) is 12.2 Å². The van der Waals surface area contributed by atoms with Crippen LogP contribution in [0, 0.1) is 0 Å². The third-order valence-corrected chi connectivity index (χ3v) is 9.75. The number of rotatable bonds is 7. The number of carbonyl (C=O) groups is 1. The fourth-order valence-corrected chi connectivity index (χ4v) is 8.00. The molecule has 2 saturated heterocycles. The normalized spacial score (nSPS) is 26.2. The number of thiophene rings is 1. The molecule has 0 spiro atoms. The highest BCUT2D eigenvalue weighted by molar-refractivity contribution is 8.00. The standard InChI is InChI=1S/C26H32F4N6O2S2/c1-6-18-19(27)16(10-13(4)36(18)12(2)3)31-15-9-7-8-14-20(15)39-22(21(14)40-26(28,29)30)23-33-24(38-34-23)17-11-35(5)25(37)32-17/h7-9,12-13,16-19,31H,6,10-11H2,1-5H3,(H,32,37)/t13-,16-,17-,18+,19-/m1/s1. The van der Waals surface area contributed by atoms with E-state index in [0.29, 0.717) is 35.2 Å². The van der Waals surface area contributed by atoms with E-state index in [9.17, 15) is 18.0 Å². The van der Waals surface area contributed by atoms with Gasteiger partial charge in [-0.1, -0.05) is 24.2 Å². The van der Waals surface area contributed by atoms with Gasteiger partial charge in [-0.05, 0) is 51.4 Å². The number of hydrogen-bond acceptors (Lipinski definition) is 8. The molecular weight excluding hydrogens is 568 g/mol. The number of fused-ring (bicyclic) bond motifs is 1. The van der Waals surface area contributed by atoms with Crippen molar-refractivity contribution in [3.63, 3.8) is 0 Å². The summed E-state index contributed by atoms with van der Waals surface area (Å²) in [5, 5.41) is 10.4. The second-order valence-electron chi connectivity index (χ2n) is 10.6. The number of thioether (sulfide) groups is 1. The van der Waals surface area contributed by atoms with Crippen molar-refractivity contribution in [3.05, 3.63) is 24.1 Å². The molecule has 2 aromatic heterocycles. The first-order chi connectivity index (χ1) is 18.9. The molecule has 3 aromatic rings. The second-order valence-corrected chi connectivity index (χ2v) is 12.7. The lowest BCUT2D eigenvalue weighted by Crippen LogP contribution is -2.60.